The van der Waals surface area contributed by atoms with Gasteiger partial charge >= 0.3 is 6.18 Å². The number of hydrogen-bond acceptors (Lipinski definition) is 6. The van der Waals surface area contributed by atoms with Crippen molar-refractivity contribution in [1.29, 1.82) is 0 Å². The maximum atomic E-state index is 12.7. The minimum atomic E-state index is -4.44. The third-order valence-corrected chi connectivity index (χ3v) is 5.68. The number of aromatic nitrogens is 1. The molecule has 0 saturated carbocycles. The van der Waals surface area contributed by atoms with Crippen molar-refractivity contribution in [3.05, 3.63) is 47.2 Å². The number of nitrogens with zero attached hydrogens (tertiary/aromatic N) is 4. The highest BCUT2D eigenvalue weighted by Gasteiger charge is 2.37. The van der Waals surface area contributed by atoms with Crippen molar-refractivity contribution in [2.75, 3.05) is 20.1 Å². The van der Waals surface area contributed by atoms with Gasteiger partial charge in [0, 0.05) is 24.7 Å². The van der Waals surface area contributed by atoms with Crippen LogP contribution in [0, 0.1) is 5.92 Å². The van der Waals surface area contributed by atoms with Crippen LogP contribution in [0.25, 0.3) is 5.70 Å². The second kappa shape index (κ2) is 6.67. The number of fused-ring (bicyclic) bond motifs is 3. The monoisotopic (exact) mass is 406 g/mol. The molecule has 0 bridgehead atoms. The lowest BCUT2D eigenvalue weighted by Gasteiger charge is -2.32. The average molecular weight is 406 g/mol. The van der Waals surface area contributed by atoms with E-state index in [9.17, 15) is 13.2 Å². The van der Waals surface area contributed by atoms with Crippen LogP contribution in [0.15, 0.2) is 39.5 Å². The lowest BCUT2D eigenvalue weighted by atomic mass is 9.91. The molecule has 0 amide bonds. The standard InChI is InChI=1S/C19H21F3N6O/c1-26-25-16(17-14-4-7-23-18(14)24-11-28(17)26)12-5-8-27(9-6-12)10-13-2-3-15(29-13)19(20,21)22/h2-4,7,11-12,23,25H,5-6,8-10H2,1H3. The van der Waals surface area contributed by atoms with Gasteiger partial charge in [-0.25, -0.2) is 10.0 Å². The number of hydrogen-bond donors (Lipinski definition) is 2. The van der Waals surface area contributed by atoms with Crippen molar-refractivity contribution < 1.29 is 17.6 Å². The zero-order chi connectivity index (χ0) is 20.2. The van der Waals surface area contributed by atoms with Crippen LogP contribution in [0.4, 0.5) is 19.0 Å². The lowest BCUT2D eigenvalue weighted by Crippen LogP contribution is -2.41. The Balaban J connectivity index is 1.28. The Labute approximate surface area is 165 Å². The Kier molecular flexibility index (Phi) is 4.21. The van der Waals surface area contributed by atoms with Crippen molar-refractivity contribution in [1.82, 2.24) is 25.4 Å². The van der Waals surface area contributed by atoms with Gasteiger partial charge in [0.05, 0.1) is 17.9 Å². The first-order chi connectivity index (χ1) is 13.9. The zero-order valence-corrected chi connectivity index (χ0v) is 15.8. The molecule has 0 radical (unpaired) electrons. The van der Waals surface area contributed by atoms with Gasteiger partial charge in [0.15, 0.2) is 0 Å². The van der Waals surface area contributed by atoms with Crippen LogP contribution in [0.5, 0.6) is 0 Å². The summed E-state index contributed by atoms with van der Waals surface area (Å²) in [5.41, 5.74) is 6.79. The van der Waals surface area contributed by atoms with Crippen LogP contribution < -0.4 is 5.43 Å². The summed E-state index contributed by atoms with van der Waals surface area (Å²) in [6, 6.07) is 4.44. The van der Waals surface area contributed by atoms with E-state index in [1.165, 1.54) is 6.07 Å². The van der Waals surface area contributed by atoms with Gasteiger partial charge in [0.2, 0.25) is 5.76 Å². The number of furan rings is 1. The number of halogens is 3. The summed E-state index contributed by atoms with van der Waals surface area (Å²) >= 11 is 0. The smallest absolute Gasteiger partial charge is 0.449 e. The largest absolute Gasteiger partial charge is 0.455 e. The van der Waals surface area contributed by atoms with E-state index in [0.29, 0.717) is 18.2 Å². The van der Waals surface area contributed by atoms with Gasteiger partial charge in [-0.3, -0.25) is 4.90 Å². The SMILES string of the molecule is CN1NC(C2CCN(Cc3ccc(C(F)(F)F)o3)CC2)=C2c3cc[nH]c3N=CN21. The maximum absolute atomic E-state index is 12.7. The first kappa shape index (κ1) is 18.3. The van der Waals surface area contributed by atoms with Crippen LogP contribution in [-0.4, -0.2) is 46.5 Å². The molecule has 1 saturated heterocycles. The first-order valence-electron chi connectivity index (χ1n) is 9.54. The predicted octanol–water partition coefficient (Wildman–Crippen LogP) is 3.55. The number of rotatable bonds is 3. The van der Waals surface area contributed by atoms with Gasteiger partial charge in [-0.1, -0.05) is 0 Å². The Morgan fingerprint density at radius 2 is 2.00 bits per heavy atom. The summed E-state index contributed by atoms with van der Waals surface area (Å²) in [7, 11) is 1.95. The van der Waals surface area contributed by atoms with E-state index in [2.05, 4.69) is 20.3 Å². The summed E-state index contributed by atoms with van der Waals surface area (Å²) in [6.45, 7) is 1.98. The summed E-state index contributed by atoms with van der Waals surface area (Å²) in [6.07, 6.45) is 1.06. The number of nitrogens with one attached hydrogen (secondary N) is 2. The molecule has 0 unspecified atom stereocenters. The number of hydrazine groups is 2. The summed E-state index contributed by atoms with van der Waals surface area (Å²) < 4.78 is 43.1. The number of piperidine rings is 1. The molecule has 2 aromatic rings. The minimum Gasteiger partial charge on any atom is -0.455 e. The minimum absolute atomic E-state index is 0.338. The second-order valence-electron chi connectivity index (χ2n) is 7.54. The van der Waals surface area contributed by atoms with E-state index in [1.807, 2.05) is 29.4 Å². The third-order valence-electron chi connectivity index (χ3n) is 5.68. The molecule has 7 nitrogen and oxygen atoms in total. The number of allylic oxidation sites excluding steroid dienone is 1. The highest BCUT2D eigenvalue weighted by molar-refractivity contribution is 5.87. The van der Waals surface area contributed by atoms with Crippen LogP contribution >= 0.6 is 0 Å². The molecule has 10 heteroatoms. The number of aliphatic imine (C=N–C) groups is 1. The molecule has 5 rings (SSSR count). The molecule has 0 aromatic carbocycles. The molecule has 2 aromatic heterocycles. The van der Waals surface area contributed by atoms with Gasteiger partial charge in [-0.2, -0.15) is 13.2 Å². The fraction of sp³-hybridized carbons (Fsp3) is 0.421. The maximum Gasteiger partial charge on any atom is 0.449 e. The van der Waals surface area contributed by atoms with Crippen LogP contribution in [-0.2, 0) is 12.7 Å². The van der Waals surface area contributed by atoms with Crippen LogP contribution in [0.3, 0.4) is 0 Å². The molecule has 154 valence electrons. The fourth-order valence-corrected chi connectivity index (χ4v) is 4.23. The van der Waals surface area contributed by atoms with Gasteiger partial charge in [0.1, 0.15) is 17.9 Å². The molecular formula is C19H21F3N6O. The van der Waals surface area contributed by atoms with Crippen molar-refractivity contribution >= 4 is 17.9 Å². The van der Waals surface area contributed by atoms with E-state index in [1.54, 1.807) is 6.34 Å². The summed E-state index contributed by atoms with van der Waals surface area (Å²) in [4.78, 5) is 9.73. The lowest BCUT2D eigenvalue weighted by molar-refractivity contribution is -0.153. The van der Waals surface area contributed by atoms with E-state index in [-0.39, 0.29) is 0 Å². The average Bonchev–Trinajstić information content (AvgIpc) is 3.40. The Morgan fingerprint density at radius 1 is 1.21 bits per heavy atom. The molecule has 3 aliphatic heterocycles. The number of likely N-dealkylation sites (tertiary alicyclic amines) is 1. The van der Waals surface area contributed by atoms with Gasteiger partial charge in [-0.05, 0) is 44.1 Å². The van der Waals surface area contributed by atoms with Crippen molar-refractivity contribution in [3.63, 3.8) is 0 Å². The Hall–Kier alpha value is -2.72. The molecule has 5 heterocycles. The van der Waals surface area contributed by atoms with Crippen molar-refractivity contribution in [2.45, 2.75) is 25.6 Å². The molecule has 0 atom stereocenters. The molecule has 29 heavy (non-hydrogen) atoms. The van der Waals surface area contributed by atoms with Crippen molar-refractivity contribution in [3.8, 4) is 0 Å². The third kappa shape index (κ3) is 3.22. The highest BCUT2D eigenvalue weighted by atomic mass is 19.4. The predicted molar refractivity (Wildman–Crippen MR) is 100 cm³/mol. The van der Waals surface area contributed by atoms with Gasteiger partial charge < -0.3 is 14.8 Å². The van der Waals surface area contributed by atoms with E-state index >= 15 is 0 Å². The quantitative estimate of drug-likeness (QED) is 0.816. The molecule has 2 N–H and O–H groups in total. The van der Waals surface area contributed by atoms with Crippen LogP contribution in [0.2, 0.25) is 0 Å². The normalized spacial score (nSPS) is 20.9. The molecule has 1 fully saturated rings. The summed E-state index contributed by atoms with van der Waals surface area (Å²) in [5, 5.41) is 3.91. The second-order valence-corrected chi connectivity index (χ2v) is 7.54. The molecular weight excluding hydrogens is 385 g/mol. The molecule has 3 aliphatic rings. The van der Waals surface area contributed by atoms with Crippen molar-refractivity contribution in [2.24, 2.45) is 10.9 Å². The highest BCUT2D eigenvalue weighted by Crippen LogP contribution is 2.40. The number of alkyl halides is 3. The van der Waals surface area contributed by atoms with Gasteiger partial charge in [0.25, 0.3) is 0 Å². The van der Waals surface area contributed by atoms with E-state index < -0.39 is 11.9 Å². The Morgan fingerprint density at radius 3 is 2.72 bits per heavy atom. The number of H-pyrrole nitrogens is 1. The number of aromatic amines is 1. The molecule has 0 aliphatic carbocycles. The van der Waals surface area contributed by atoms with E-state index in [4.69, 9.17) is 4.42 Å². The fourth-order valence-electron chi connectivity index (χ4n) is 4.23. The zero-order valence-electron chi connectivity index (χ0n) is 15.8. The topological polar surface area (TPSA) is 63.0 Å². The van der Waals surface area contributed by atoms with Gasteiger partial charge in [-0.15, -0.1) is 5.12 Å². The van der Waals surface area contributed by atoms with Crippen LogP contribution in [0.1, 0.15) is 29.9 Å². The van der Waals surface area contributed by atoms with E-state index in [0.717, 1.165) is 54.8 Å². The first-order valence-corrected chi connectivity index (χ1v) is 9.54. The summed E-state index contributed by atoms with van der Waals surface area (Å²) in [5.74, 6) is 0.601. The Bertz CT molecular complexity index is 967. The molecule has 0 spiro atoms.